The lowest BCUT2D eigenvalue weighted by atomic mass is 9.69. The van der Waals surface area contributed by atoms with E-state index in [4.69, 9.17) is 11.6 Å². The first kappa shape index (κ1) is 18.8. The highest BCUT2D eigenvalue weighted by molar-refractivity contribution is 6.30. The molecule has 2 saturated carbocycles. The molecule has 0 saturated heterocycles. The van der Waals surface area contributed by atoms with E-state index < -0.39 is 6.17 Å². The van der Waals surface area contributed by atoms with E-state index in [1.54, 1.807) is 0 Å². The number of fused-ring (bicyclic) bond motifs is 3. The third kappa shape index (κ3) is 2.68. The van der Waals surface area contributed by atoms with E-state index in [9.17, 15) is 4.79 Å². The predicted molar refractivity (Wildman–Crippen MR) is 117 cm³/mol. The fraction of sp³-hybridized carbons (Fsp3) is 0.458. The summed E-state index contributed by atoms with van der Waals surface area (Å²) in [6.07, 6.45) is 11.1. The van der Waals surface area contributed by atoms with Gasteiger partial charge in [-0.1, -0.05) is 50.6 Å². The van der Waals surface area contributed by atoms with Crippen LogP contribution in [-0.2, 0) is 4.79 Å². The van der Waals surface area contributed by atoms with Gasteiger partial charge >= 0.3 is 0 Å². The van der Waals surface area contributed by atoms with Crippen molar-refractivity contribution in [2.75, 3.05) is 0 Å². The number of carbonyl (C=O) groups excluding carboxylic acids is 1. The monoisotopic (exact) mass is 409 g/mol. The van der Waals surface area contributed by atoms with Crippen molar-refractivity contribution < 1.29 is 4.79 Å². The van der Waals surface area contributed by atoms with E-state index in [-0.39, 0.29) is 22.8 Å². The van der Waals surface area contributed by atoms with Gasteiger partial charge in [0.05, 0.1) is 11.4 Å². The quantitative estimate of drug-likeness (QED) is 0.763. The molecule has 2 heterocycles. The highest BCUT2D eigenvalue weighted by Gasteiger charge is 2.61. The smallest absolute Gasteiger partial charge is 0.264 e. The van der Waals surface area contributed by atoms with Crippen molar-refractivity contribution in [2.24, 2.45) is 16.7 Å². The number of hydrogen-bond donors (Lipinski definition) is 2. The number of rotatable bonds is 3. The number of amides is 1. The number of nitrogens with one attached hydrogen (secondary N) is 2. The standard InChI is InChI=1S/C24H28ClN3O/c1-23(2)16-10-11-24(23,3)19(14-16)26-22(29)21-27-20(15-7-6-8-17(25)13-15)18-9-4-5-12-28(18)21/h4-9,12-13,16,19,21,27H,10-11,14H2,1-3H3,(H,26,29)/t16?,19-,21?,24-/m0/s1. The zero-order valence-corrected chi connectivity index (χ0v) is 18.0. The van der Waals surface area contributed by atoms with Gasteiger partial charge in [-0.05, 0) is 60.3 Å². The molecule has 1 aromatic rings. The van der Waals surface area contributed by atoms with Gasteiger partial charge in [0, 0.05) is 22.8 Å². The van der Waals surface area contributed by atoms with Crippen LogP contribution in [0.15, 0.2) is 54.4 Å². The average Bonchev–Trinajstić information content (AvgIpc) is 3.24. The number of benzene rings is 1. The van der Waals surface area contributed by atoms with Gasteiger partial charge in [0.2, 0.25) is 0 Å². The molecule has 5 heteroatoms. The van der Waals surface area contributed by atoms with Gasteiger partial charge < -0.3 is 15.5 Å². The number of hydrogen-bond acceptors (Lipinski definition) is 3. The number of allylic oxidation sites excluding steroid dienone is 3. The average molecular weight is 410 g/mol. The molecule has 2 fully saturated rings. The van der Waals surface area contributed by atoms with Crippen LogP contribution in [-0.4, -0.2) is 23.0 Å². The molecule has 2 unspecified atom stereocenters. The van der Waals surface area contributed by atoms with E-state index in [1.807, 2.05) is 53.6 Å². The molecule has 2 bridgehead atoms. The third-order valence-electron chi connectivity index (χ3n) is 8.18. The maximum Gasteiger partial charge on any atom is 0.264 e. The Morgan fingerprint density at radius 1 is 1.28 bits per heavy atom. The Balaban J connectivity index is 1.39. The van der Waals surface area contributed by atoms with Gasteiger partial charge in [0.1, 0.15) is 0 Å². The first-order valence-electron chi connectivity index (χ1n) is 10.5. The van der Waals surface area contributed by atoms with Gasteiger partial charge in [-0.15, -0.1) is 0 Å². The van der Waals surface area contributed by atoms with Gasteiger partial charge in [-0.2, -0.15) is 0 Å². The molecule has 4 nitrogen and oxygen atoms in total. The summed E-state index contributed by atoms with van der Waals surface area (Å²) >= 11 is 6.21. The molecule has 152 valence electrons. The van der Waals surface area contributed by atoms with Gasteiger partial charge in [0.25, 0.3) is 5.91 Å². The van der Waals surface area contributed by atoms with Crippen molar-refractivity contribution in [2.45, 2.75) is 52.2 Å². The molecule has 1 amide bonds. The Morgan fingerprint density at radius 3 is 2.79 bits per heavy atom. The van der Waals surface area contributed by atoms with Crippen LogP contribution in [0.1, 0.15) is 45.6 Å². The summed E-state index contributed by atoms with van der Waals surface area (Å²) in [6.45, 7) is 7.11. The van der Waals surface area contributed by atoms with Crippen LogP contribution < -0.4 is 10.6 Å². The van der Waals surface area contributed by atoms with E-state index in [0.29, 0.717) is 10.9 Å². The van der Waals surface area contributed by atoms with Crippen molar-refractivity contribution in [1.82, 2.24) is 15.5 Å². The molecule has 0 radical (unpaired) electrons. The normalized spacial score (nSPS) is 33.8. The van der Waals surface area contributed by atoms with E-state index in [1.165, 1.54) is 12.8 Å². The first-order chi connectivity index (χ1) is 13.8. The van der Waals surface area contributed by atoms with Gasteiger partial charge in [-0.3, -0.25) is 4.79 Å². The molecule has 0 spiro atoms. The van der Waals surface area contributed by atoms with Crippen LogP contribution in [0.25, 0.3) is 5.70 Å². The second-order valence-corrected chi connectivity index (χ2v) is 10.0. The highest BCUT2D eigenvalue weighted by atomic mass is 35.5. The van der Waals surface area contributed by atoms with Crippen LogP contribution >= 0.6 is 11.6 Å². The Labute approximate surface area is 177 Å². The van der Waals surface area contributed by atoms with Gasteiger partial charge in [0.15, 0.2) is 6.17 Å². The molecule has 4 atom stereocenters. The highest BCUT2D eigenvalue weighted by Crippen LogP contribution is 2.65. The summed E-state index contributed by atoms with van der Waals surface area (Å²) in [7, 11) is 0. The lowest BCUT2D eigenvalue weighted by Crippen LogP contribution is -2.54. The molecule has 4 aliphatic rings. The fourth-order valence-electron chi connectivity index (χ4n) is 5.91. The zero-order chi connectivity index (χ0) is 20.4. The minimum absolute atomic E-state index is 0.0362. The molecule has 1 aromatic carbocycles. The van der Waals surface area contributed by atoms with Crippen LogP contribution in [0, 0.1) is 16.7 Å². The molecular weight excluding hydrogens is 382 g/mol. The van der Waals surface area contributed by atoms with Crippen LogP contribution in [0.2, 0.25) is 5.02 Å². The Morgan fingerprint density at radius 2 is 2.10 bits per heavy atom. The SMILES string of the molecule is CC1(C)C2CC[C@@]1(C)[C@@H](NC(=O)C1NC(c3cccc(Cl)c3)=C3C=CC=CN31)C2. The van der Waals surface area contributed by atoms with Crippen molar-refractivity contribution in [3.8, 4) is 0 Å². The lowest BCUT2D eigenvalue weighted by molar-refractivity contribution is -0.127. The van der Waals surface area contributed by atoms with E-state index >= 15 is 0 Å². The van der Waals surface area contributed by atoms with Crippen LogP contribution in [0.4, 0.5) is 0 Å². The molecule has 2 N–H and O–H groups in total. The molecular formula is C24H28ClN3O. The number of halogens is 1. The molecule has 2 aliphatic carbocycles. The second kappa shape index (κ2) is 6.40. The molecule has 5 rings (SSSR count). The molecule has 0 aromatic heterocycles. The minimum Gasteiger partial charge on any atom is -0.355 e. The van der Waals surface area contributed by atoms with Crippen molar-refractivity contribution in [3.63, 3.8) is 0 Å². The maximum absolute atomic E-state index is 13.4. The van der Waals surface area contributed by atoms with E-state index in [2.05, 4.69) is 31.4 Å². The summed E-state index contributed by atoms with van der Waals surface area (Å²) in [5.41, 5.74) is 3.36. The summed E-state index contributed by atoms with van der Waals surface area (Å²) in [5.74, 6) is 0.733. The Hall–Kier alpha value is -2.20. The Kier molecular flexibility index (Phi) is 4.15. The largest absolute Gasteiger partial charge is 0.355 e. The van der Waals surface area contributed by atoms with Crippen molar-refractivity contribution in [1.29, 1.82) is 0 Å². The van der Waals surface area contributed by atoms with E-state index in [0.717, 1.165) is 23.4 Å². The summed E-state index contributed by atoms with van der Waals surface area (Å²) in [6, 6.07) is 7.98. The molecule has 29 heavy (non-hydrogen) atoms. The minimum atomic E-state index is -0.453. The van der Waals surface area contributed by atoms with Crippen LogP contribution in [0.5, 0.6) is 0 Å². The Bertz CT molecular complexity index is 963. The third-order valence-corrected chi connectivity index (χ3v) is 8.41. The van der Waals surface area contributed by atoms with Crippen molar-refractivity contribution >= 4 is 23.2 Å². The zero-order valence-electron chi connectivity index (χ0n) is 17.2. The number of nitrogens with zero attached hydrogens (tertiary/aromatic N) is 1. The fourth-order valence-corrected chi connectivity index (χ4v) is 6.10. The van der Waals surface area contributed by atoms with Gasteiger partial charge in [-0.25, -0.2) is 0 Å². The summed E-state index contributed by atoms with van der Waals surface area (Å²) in [5, 5.41) is 7.56. The van der Waals surface area contributed by atoms with Crippen molar-refractivity contribution in [3.05, 3.63) is 65.0 Å². The lowest BCUT2D eigenvalue weighted by Gasteiger charge is -2.40. The number of carbonyl (C=O) groups is 1. The summed E-state index contributed by atoms with van der Waals surface area (Å²) in [4.78, 5) is 15.4. The second-order valence-electron chi connectivity index (χ2n) is 9.60. The predicted octanol–water partition coefficient (Wildman–Crippen LogP) is 4.65. The topological polar surface area (TPSA) is 44.4 Å². The maximum atomic E-state index is 13.4. The first-order valence-corrected chi connectivity index (χ1v) is 10.9. The van der Waals surface area contributed by atoms with Crippen LogP contribution in [0.3, 0.4) is 0 Å². The molecule has 2 aliphatic heterocycles. The summed E-state index contributed by atoms with van der Waals surface area (Å²) < 4.78 is 0.